The van der Waals surface area contributed by atoms with Crippen LogP contribution >= 0.6 is 0 Å². The summed E-state index contributed by atoms with van der Waals surface area (Å²) in [7, 11) is -2.78. The first-order valence-corrected chi connectivity index (χ1v) is 19.0. The lowest BCUT2D eigenvalue weighted by Crippen LogP contribution is -2.67. The number of aromatic nitrogens is 4. The van der Waals surface area contributed by atoms with Gasteiger partial charge in [-0.25, -0.2) is 4.98 Å². The summed E-state index contributed by atoms with van der Waals surface area (Å²) < 4.78 is 12.9. The van der Waals surface area contributed by atoms with E-state index in [4.69, 9.17) is 14.1 Å². The van der Waals surface area contributed by atoms with E-state index in [2.05, 4.69) is 95.4 Å². The third kappa shape index (κ3) is 7.09. The van der Waals surface area contributed by atoms with E-state index in [0.717, 1.165) is 47.4 Å². The van der Waals surface area contributed by atoms with Crippen molar-refractivity contribution in [1.29, 1.82) is 0 Å². The van der Waals surface area contributed by atoms with Gasteiger partial charge in [0.25, 0.3) is 8.32 Å². The van der Waals surface area contributed by atoms with Crippen LogP contribution in [0.3, 0.4) is 0 Å². The molecule has 50 heavy (non-hydrogen) atoms. The highest BCUT2D eigenvalue weighted by Crippen LogP contribution is 2.37. The first-order chi connectivity index (χ1) is 24.3. The minimum absolute atomic E-state index is 0.0481. The van der Waals surface area contributed by atoms with E-state index >= 15 is 0 Å². The number of ether oxygens (including phenoxy) is 1. The Hall–Kier alpha value is -5.16. The predicted octanol–water partition coefficient (Wildman–Crippen LogP) is 6.03. The summed E-state index contributed by atoms with van der Waals surface area (Å²) in [6.45, 7) is 10.5. The van der Waals surface area contributed by atoms with Gasteiger partial charge in [0.1, 0.15) is 12.4 Å². The molecule has 1 N–H and O–H groups in total. The fraction of sp³-hybridized carbons (Fsp3) is 0.250. The molecule has 0 bridgehead atoms. The van der Waals surface area contributed by atoms with Gasteiger partial charge in [0.15, 0.2) is 0 Å². The van der Waals surface area contributed by atoms with Crippen molar-refractivity contribution >= 4 is 35.5 Å². The Morgan fingerprint density at radius 2 is 1.54 bits per heavy atom. The molecule has 1 saturated heterocycles. The molecule has 6 aromatic rings. The second kappa shape index (κ2) is 14.4. The van der Waals surface area contributed by atoms with Crippen LogP contribution in [0.4, 0.5) is 0 Å². The molecule has 254 valence electrons. The molecule has 4 heterocycles. The number of nitrogens with zero attached hydrogens (tertiary/aromatic N) is 5. The third-order valence-corrected chi connectivity index (χ3v) is 14.4. The van der Waals surface area contributed by atoms with Crippen LogP contribution in [0.1, 0.15) is 26.3 Å². The van der Waals surface area contributed by atoms with Crippen molar-refractivity contribution in [1.82, 2.24) is 30.0 Å². The van der Waals surface area contributed by atoms with Gasteiger partial charge in [-0.2, -0.15) is 5.10 Å². The second-order valence-electron chi connectivity index (χ2n) is 13.8. The molecule has 0 aliphatic carbocycles. The lowest BCUT2D eigenvalue weighted by Gasteiger charge is -2.43. The molecule has 0 atom stereocenters. The van der Waals surface area contributed by atoms with E-state index in [9.17, 15) is 4.79 Å². The van der Waals surface area contributed by atoms with Crippen molar-refractivity contribution in [2.75, 3.05) is 32.8 Å². The van der Waals surface area contributed by atoms with E-state index in [-0.39, 0.29) is 17.6 Å². The van der Waals surface area contributed by atoms with E-state index in [1.165, 1.54) is 10.4 Å². The minimum Gasteiger partial charge on any atom is -0.439 e. The smallest absolute Gasteiger partial charge is 0.261 e. The van der Waals surface area contributed by atoms with Crippen LogP contribution in [0, 0.1) is 0 Å². The molecule has 10 heteroatoms. The Labute approximate surface area is 294 Å². The highest BCUT2D eigenvalue weighted by Gasteiger charge is 2.50. The van der Waals surface area contributed by atoms with Gasteiger partial charge >= 0.3 is 0 Å². The number of piperazine rings is 1. The number of aromatic amines is 1. The van der Waals surface area contributed by atoms with Gasteiger partial charge in [-0.05, 0) is 51.3 Å². The van der Waals surface area contributed by atoms with Gasteiger partial charge in [-0.15, -0.1) is 0 Å². The number of hydrogen-bond donors (Lipinski definition) is 1. The maximum atomic E-state index is 13.6. The van der Waals surface area contributed by atoms with Gasteiger partial charge < -0.3 is 14.1 Å². The summed E-state index contributed by atoms with van der Waals surface area (Å²) in [5, 5.41) is 10.2. The monoisotopic (exact) mass is 682 g/mol. The first kappa shape index (κ1) is 33.3. The number of carbonyl (C=O) groups is 1. The Morgan fingerprint density at radius 3 is 2.16 bits per heavy atom. The van der Waals surface area contributed by atoms with Gasteiger partial charge in [-0.1, -0.05) is 81.4 Å². The van der Waals surface area contributed by atoms with Crippen molar-refractivity contribution < 1.29 is 14.0 Å². The molecule has 1 amide bonds. The maximum absolute atomic E-state index is 13.6. The average Bonchev–Trinajstić information content (AvgIpc) is 3.68. The summed E-state index contributed by atoms with van der Waals surface area (Å²) in [5.74, 6) is 1.24. The molecule has 0 unspecified atom stereocenters. The van der Waals surface area contributed by atoms with Crippen LogP contribution < -0.4 is 15.1 Å². The molecule has 1 aliphatic rings. The predicted molar refractivity (Wildman–Crippen MR) is 199 cm³/mol. The Balaban J connectivity index is 0.954. The molecular formula is C40H42N6O3Si. The number of H-pyrrole nitrogens is 1. The zero-order valence-corrected chi connectivity index (χ0v) is 29.8. The average molecular weight is 683 g/mol. The molecule has 0 saturated carbocycles. The summed E-state index contributed by atoms with van der Waals surface area (Å²) >= 11 is 0. The van der Waals surface area contributed by atoms with Crippen molar-refractivity contribution in [2.24, 2.45) is 0 Å². The van der Waals surface area contributed by atoms with Crippen molar-refractivity contribution in [2.45, 2.75) is 32.4 Å². The Bertz CT molecular complexity index is 1990. The number of carbonyl (C=O) groups excluding carboxylic acids is 1. The minimum atomic E-state index is -2.78. The normalized spacial score (nSPS) is 14.2. The second-order valence-corrected chi connectivity index (χ2v) is 18.1. The van der Waals surface area contributed by atoms with Gasteiger partial charge in [-0.3, -0.25) is 19.8 Å². The molecule has 7 rings (SSSR count). The summed E-state index contributed by atoms with van der Waals surface area (Å²) in [6.07, 6.45) is 5.40. The first-order valence-electron chi connectivity index (χ1n) is 17.1. The third-order valence-electron chi connectivity index (χ3n) is 9.44. The molecular weight excluding hydrogens is 641 g/mol. The molecule has 1 fully saturated rings. The number of nitrogens with one attached hydrogen (secondary N) is 1. The molecule has 3 aromatic carbocycles. The number of hydrogen-bond acceptors (Lipinski definition) is 7. The van der Waals surface area contributed by atoms with Crippen molar-refractivity contribution in [3.05, 3.63) is 127 Å². The summed E-state index contributed by atoms with van der Waals surface area (Å²) in [4.78, 5) is 27.1. The van der Waals surface area contributed by atoms with Crippen LogP contribution in [0.15, 0.2) is 122 Å². The molecule has 1 aliphatic heterocycles. The highest BCUT2D eigenvalue weighted by atomic mass is 28.4. The molecule has 9 nitrogen and oxygen atoms in total. The SMILES string of the molecule is CC(C)(C)[Si](OCC(=O)N1CCN(Cc2cnc3cc(Oc4ccc(-c5ccn[nH]5)cn4)ccc3c2)CC1)(c1ccccc1)c1ccccc1. The lowest BCUT2D eigenvalue weighted by atomic mass is 10.1. The number of benzene rings is 3. The van der Waals surface area contributed by atoms with Crippen LogP contribution in [0.25, 0.3) is 22.2 Å². The highest BCUT2D eigenvalue weighted by molar-refractivity contribution is 6.99. The lowest BCUT2D eigenvalue weighted by molar-refractivity contribution is -0.135. The van der Waals surface area contributed by atoms with E-state index in [0.29, 0.717) is 24.7 Å². The van der Waals surface area contributed by atoms with Gasteiger partial charge in [0.05, 0.1) is 11.2 Å². The van der Waals surface area contributed by atoms with E-state index < -0.39 is 8.32 Å². The van der Waals surface area contributed by atoms with Crippen LogP contribution in [0.5, 0.6) is 11.6 Å². The van der Waals surface area contributed by atoms with Gasteiger partial charge in [0.2, 0.25) is 11.8 Å². The largest absolute Gasteiger partial charge is 0.439 e. The number of amides is 1. The maximum Gasteiger partial charge on any atom is 0.261 e. The zero-order chi connectivity index (χ0) is 34.6. The fourth-order valence-corrected chi connectivity index (χ4v) is 11.4. The van der Waals surface area contributed by atoms with Crippen molar-refractivity contribution in [3.63, 3.8) is 0 Å². The van der Waals surface area contributed by atoms with E-state index in [1.807, 2.05) is 59.6 Å². The topological polar surface area (TPSA) is 96.5 Å². The van der Waals surface area contributed by atoms with Crippen LogP contribution in [0.2, 0.25) is 5.04 Å². The van der Waals surface area contributed by atoms with Crippen LogP contribution in [-0.4, -0.2) is 77.0 Å². The number of fused-ring (bicyclic) bond motifs is 1. The number of rotatable bonds is 10. The molecule has 3 aromatic heterocycles. The quantitative estimate of drug-likeness (QED) is 0.176. The number of pyridine rings is 2. The van der Waals surface area contributed by atoms with E-state index in [1.54, 1.807) is 12.4 Å². The molecule has 0 spiro atoms. The van der Waals surface area contributed by atoms with Crippen LogP contribution in [-0.2, 0) is 15.8 Å². The Kier molecular flexibility index (Phi) is 9.58. The standard InChI is InChI=1S/C40H42N6O3Si/c1-40(2,3)50(34-10-6-4-7-11-34,35-12-8-5-9-13-35)48-29-39(47)46-22-20-45(21-23-46)28-30-24-31-14-16-33(25-37(31)41-26-30)49-38-17-15-32(27-42-38)36-18-19-43-44-36/h4-19,24-27H,20-23,28-29H2,1-3H3,(H,43,44). The van der Waals surface area contributed by atoms with Gasteiger partial charge in [0, 0.05) is 74.4 Å². The zero-order valence-electron chi connectivity index (χ0n) is 28.8. The van der Waals surface area contributed by atoms with Crippen molar-refractivity contribution in [3.8, 4) is 22.9 Å². The Morgan fingerprint density at radius 1 is 0.820 bits per heavy atom. The summed E-state index contributed by atoms with van der Waals surface area (Å²) in [5.41, 5.74) is 3.84. The summed E-state index contributed by atoms with van der Waals surface area (Å²) in [6, 6.07) is 34.7. The molecule has 0 radical (unpaired) electrons. The fourth-order valence-electron chi connectivity index (χ4n) is 6.87.